The van der Waals surface area contributed by atoms with E-state index in [2.05, 4.69) is 10.0 Å². The molecule has 0 aliphatic carbocycles. The first-order chi connectivity index (χ1) is 13.3. The number of amides is 1. The van der Waals surface area contributed by atoms with E-state index in [4.69, 9.17) is 23.2 Å². The largest absolute Gasteiger partial charge is 0.321 e. The van der Waals surface area contributed by atoms with E-state index in [0.717, 1.165) is 24.3 Å². The molecule has 0 aliphatic rings. The summed E-state index contributed by atoms with van der Waals surface area (Å²) in [4.78, 5) is 12.5. The zero-order valence-electron chi connectivity index (χ0n) is 14.1. The Bertz CT molecular complexity index is 1140. The second kappa shape index (κ2) is 8.18. The summed E-state index contributed by atoms with van der Waals surface area (Å²) in [6.07, 6.45) is 0. The minimum Gasteiger partial charge on any atom is -0.321 e. The highest BCUT2D eigenvalue weighted by Gasteiger charge is 2.19. The molecular formula is C19H13Cl2FN2O3S. The van der Waals surface area contributed by atoms with Crippen molar-refractivity contribution in [3.63, 3.8) is 0 Å². The van der Waals surface area contributed by atoms with E-state index >= 15 is 0 Å². The van der Waals surface area contributed by atoms with Gasteiger partial charge in [-0.1, -0.05) is 35.3 Å². The Hall–Kier alpha value is -2.61. The molecule has 1 amide bonds. The molecule has 0 spiro atoms. The zero-order chi connectivity index (χ0) is 20.3. The lowest BCUT2D eigenvalue weighted by molar-refractivity contribution is 0.102. The van der Waals surface area contributed by atoms with Gasteiger partial charge in [0.2, 0.25) is 0 Å². The number of carbonyl (C=O) groups is 1. The third kappa shape index (κ3) is 4.62. The summed E-state index contributed by atoms with van der Waals surface area (Å²) in [5, 5.41) is 3.26. The summed E-state index contributed by atoms with van der Waals surface area (Å²) in [5.41, 5.74) is 0.419. The van der Waals surface area contributed by atoms with E-state index in [1.54, 1.807) is 18.2 Å². The minimum atomic E-state index is -4.02. The highest BCUT2D eigenvalue weighted by Crippen LogP contribution is 2.27. The fourth-order valence-corrected chi connectivity index (χ4v) is 3.79. The van der Waals surface area contributed by atoms with Crippen LogP contribution in [0, 0.1) is 5.82 Å². The Labute approximate surface area is 171 Å². The van der Waals surface area contributed by atoms with Gasteiger partial charge in [-0.2, -0.15) is 0 Å². The van der Waals surface area contributed by atoms with Gasteiger partial charge in [-0.3, -0.25) is 9.52 Å². The van der Waals surface area contributed by atoms with Crippen LogP contribution in [-0.2, 0) is 10.0 Å². The van der Waals surface area contributed by atoms with Gasteiger partial charge in [-0.05, 0) is 54.6 Å². The summed E-state index contributed by atoms with van der Waals surface area (Å²) in [7, 11) is -4.02. The number of anilines is 2. The first-order valence-corrected chi connectivity index (χ1v) is 10.1. The lowest BCUT2D eigenvalue weighted by Crippen LogP contribution is -2.18. The molecule has 2 N–H and O–H groups in total. The predicted octanol–water partition coefficient (Wildman–Crippen LogP) is 5.19. The van der Waals surface area contributed by atoms with E-state index in [9.17, 15) is 17.6 Å². The minimum absolute atomic E-state index is 0.0578. The Morgan fingerprint density at radius 1 is 0.893 bits per heavy atom. The number of para-hydroxylation sites is 1. The summed E-state index contributed by atoms with van der Waals surface area (Å²) < 4.78 is 40.5. The van der Waals surface area contributed by atoms with Crippen molar-refractivity contribution in [3.05, 3.63) is 88.2 Å². The topological polar surface area (TPSA) is 75.3 Å². The fraction of sp³-hybridized carbons (Fsp3) is 0. The lowest BCUT2D eigenvalue weighted by atomic mass is 10.1. The monoisotopic (exact) mass is 438 g/mol. The number of halogens is 3. The highest BCUT2D eigenvalue weighted by atomic mass is 35.5. The van der Waals surface area contributed by atoms with Gasteiger partial charge in [0.15, 0.2) is 0 Å². The van der Waals surface area contributed by atoms with Crippen LogP contribution >= 0.6 is 23.2 Å². The lowest BCUT2D eigenvalue weighted by Gasteiger charge is -2.13. The van der Waals surface area contributed by atoms with Crippen molar-refractivity contribution in [3.8, 4) is 0 Å². The van der Waals surface area contributed by atoms with E-state index in [-0.39, 0.29) is 26.9 Å². The van der Waals surface area contributed by atoms with Gasteiger partial charge in [0.25, 0.3) is 15.9 Å². The van der Waals surface area contributed by atoms with E-state index in [1.807, 2.05) is 0 Å². The molecule has 0 heterocycles. The molecule has 0 saturated heterocycles. The molecular weight excluding hydrogens is 426 g/mol. The number of carbonyl (C=O) groups excluding carboxylic acids is 1. The van der Waals surface area contributed by atoms with Gasteiger partial charge >= 0.3 is 0 Å². The van der Waals surface area contributed by atoms with Crippen LogP contribution in [0.2, 0.25) is 10.0 Å². The first-order valence-electron chi connectivity index (χ1n) is 7.90. The number of rotatable bonds is 5. The third-order valence-electron chi connectivity index (χ3n) is 3.72. The Morgan fingerprint density at radius 2 is 1.57 bits per heavy atom. The van der Waals surface area contributed by atoms with Crippen LogP contribution in [-0.4, -0.2) is 14.3 Å². The van der Waals surface area contributed by atoms with Crippen molar-refractivity contribution < 1.29 is 17.6 Å². The Balaban J connectivity index is 1.89. The molecule has 0 unspecified atom stereocenters. The maximum absolute atomic E-state index is 13.1. The van der Waals surface area contributed by atoms with Gasteiger partial charge in [-0.25, -0.2) is 12.8 Å². The molecule has 9 heteroatoms. The summed E-state index contributed by atoms with van der Waals surface area (Å²) in [5.74, 6) is -1.14. The van der Waals surface area contributed by atoms with Gasteiger partial charge in [0, 0.05) is 5.02 Å². The normalized spacial score (nSPS) is 11.1. The van der Waals surface area contributed by atoms with Crippen LogP contribution in [0.4, 0.5) is 15.8 Å². The second-order valence-corrected chi connectivity index (χ2v) is 8.21. The number of hydrogen-bond acceptors (Lipinski definition) is 3. The standard InChI is InChI=1S/C19H13Cl2FN2O3S/c20-12-5-10-16(21)18(11-12)23-19(25)15-3-1-2-4-17(15)24-28(26,27)14-8-6-13(22)7-9-14/h1-11,24H,(H,23,25). The zero-order valence-corrected chi connectivity index (χ0v) is 16.4. The number of benzene rings is 3. The molecule has 0 saturated carbocycles. The van der Waals surface area contributed by atoms with E-state index in [1.165, 1.54) is 24.3 Å². The molecule has 0 atom stereocenters. The van der Waals surface area contributed by atoms with Gasteiger partial charge in [0.05, 0.1) is 26.9 Å². The molecule has 0 bridgehead atoms. The first kappa shape index (κ1) is 20.1. The number of nitrogens with one attached hydrogen (secondary N) is 2. The summed E-state index contributed by atoms with van der Waals surface area (Å²) in [6.45, 7) is 0. The third-order valence-corrected chi connectivity index (χ3v) is 5.66. The van der Waals surface area contributed by atoms with E-state index < -0.39 is 21.7 Å². The molecule has 3 rings (SSSR count). The predicted molar refractivity (Wildman–Crippen MR) is 108 cm³/mol. The molecule has 0 fully saturated rings. The molecule has 3 aromatic rings. The molecule has 3 aromatic carbocycles. The average molecular weight is 439 g/mol. The maximum atomic E-state index is 13.1. The van der Waals surface area contributed by atoms with Crippen LogP contribution in [0.15, 0.2) is 71.6 Å². The molecule has 28 heavy (non-hydrogen) atoms. The van der Waals surface area contributed by atoms with E-state index in [0.29, 0.717) is 5.02 Å². The van der Waals surface area contributed by atoms with Gasteiger partial charge < -0.3 is 5.32 Å². The van der Waals surface area contributed by atoms with Crippen molar-refractivity contribution in [2.45, 2.75) is 4.90 Å². The summed E-state index contributed by atoms with van der Waals surface area (Å²) >= 11 is 12.0. The van der Waals surface area contributed by atoms with Crippen LogP contribution < -0.4 is 10.0 Å². The SMILES string of the molecule is O=C(Nc1cc(Cl)ccc1Cl)c1ccccc1NS(=O)(=O)c1ccc(F)cc1. The van der Waals surface area contributed by atoms with Crippen molar-refractivity contribution in [1.82, 2.24) is 0 Å². The van der Waals surface area contributed by atoms with Crippen molar-refractivity contribution >= 4 is 50.5 Å². The molecule has 0 radical (unpaired) electrons. The Morgan fingerprint density at radius 3 is 2.29 bits per heavy atom. The smallest absolute Gasteiger partial charge is 0.261 e. The van der Waals surface area contributed by atoms with Crippen molar-refractivity contribution in [1.29, 1.82) is 0 Å². The fourth-order valence-electron chi connectivity index (χ4n) is 2.37. The molecule has 0 aromatic heterocycles. The Kier molecular flexibility index (Phi) is 5.88. The van der Waals surface area contributed by atoms with Crippen LogP contribution in [0.25, 0.3) is 0 Å². The van der Waals surface area contributed by atoms with Gasteiger partial charge in [-0.15, -0.1) is 0 Å². The number of sulfonamides is 1. The average Bonchev–Trinajstić information content (AvgIpc) is 2.65. The number of hydrogen-bond donors (Lipinski definition) is 2. The van der Waals surface area contributed by atoms with Crippen LogP contribution in [0.3, 0.4) is 0 Å². The molecule has 144 valence electrons. The van der Waals surface area contributed by atoms with Crippen molar-refractivity contribution in [2.24, 2.45) is 0 Å². The maximum Gasteiger partial charge on any atom is 0.261 e. The highest BCUT2D eigenvalue weighted by molar-refractivity contribution is 7.92. The molecule has 5 nitrogen and oxygen atoms in total. The van der Waals surface area contributed by atoms with Gasteiger partial charge in [0.1, 0.15) is 5.82 Å². The second-order valence-electron chi connectivity index (χ2n) is 5.68. The quantitative estimate of drug-likeness (QED) is 0.575. The van der Waals surface area contributed by atoms with Crippen molar-refractivity contribution in [2.75, 3.05) is 10.0 Å². The summed E-state index contributed by atoms with van der Waals surface area (Å²) in [6, 6.07) is 15.0. The molecule has 0 aliphatic heterocycles. The van der Waals surface area contributed by atoms with Crippen LogP contribution in [0.5, 0.6) is 0 Å². The van der Waals surface area contributed by atoms with Crippen LogP contribution in [0.1, 0.15) is 10.4 Å².